The molecule has 0 fully saturated rings. The van der Waals surface area contributed by atoms with E-state index in [4.69, 9.17) is 69.4 Å². The quantitative estimate of drug-likeness (QED) is 0.307. The second-order valence-corrected chi connectivity index (χ2v) is 3.91. The molecule has 0 atom stereocenters. The minimum atomic E-state index is -4.64. The number of halogens is 3. The fraction of sp³-hybridized carbons (Fsp3) is 1.00. The van der Waals surface area contributed by atoms with E-state index in [-0.39, 0.29) is 19.8 Å². The standard InChI is InChI=1S/3C2H5ClO.H3O4P/c3*3-1-2-4;1-5(2,3)4/h3*4H,1-2H2;(H3,1,2,3,4). The summed E-state index contributed by atoms with van der Waals surface area (Å²) in [7, 11) is -4.64. The molecule has 110 valence electrons. The highest BCUT2D eigenvalue weighted by molar-refractivity contribution is 7.45. The van der Waals surface area contributed by atoms with Gasteiger partial charge < -0.3 is 30.0 Å². The van der Waals surface area contributed by atoms with Crippen LogP contribution in [0.15, 0.2) is 0 Å². The van der Waals surface area contributed by atoms with Crippen molar-refractivity contribution in [2.75, 3.05) is 37.5 Å². The molecule has 0 amide bonds. The zero-order valence-corrected chi connectivity index (χ0v) is 12.1. The lowest BCUT2D eigenvalue weighted by molar-refractivity contribution is 0.275. The number of rotatable bonds is 3. The Morgan fingerprint density at radius 2 is 0.765 bits per heavy atom. The number of phosphoric acid groups is 1. The molecule has 17 heavy (non-hydrogen) atoms. The van der Waals surface area contributed by atoms with Crippen molar-refractivity contribution in [3.05, 3.63) is 0 Å². The first kappa shape index (κ1) is 26.4. The second-order valence-electron chi connectivity index (χ2n) is 1.75. The van der Waals surface area contributed by atoms with Crippen LogP contribution in [0, 0.1) is 0 Å². The number of aliphatic hydroxyl groups excluding tert-OH is 3. The smallest absolute Gasteiger partial charge is 0.395 e. The monoisotopic (exact) mass is 338 g/mol. The van der Waals surface area contributed by atoms with Crippen molar-refractivity contribution in [2.24, 2.45) is 0 Å². The zero-order valence-electron chi connectivity index (χ0n) is 8.92. The molecule has 0 aliphatic heterocycles. The van der Waals surface area contributed by atoms with Crippen LogP contribution >= 0.6 is 42.6 Å². The fourth-order valence-corrected chi connectivity index (χ4v) is 0. The summed E-state index contributed by atoms with van der Waals surface area (Å²) in [6, 6.07) is 0. The van der Waals surface area contributed by atoms with E-state index in [1.165, 1.54) is 0 Å². The van der Waals surface area contributed by atoms with Crippen molar-refractivity contribution < 1.29 is 34.6 Å². The predicted octanol–water partition coefficient (Wildman–Crippen LogP) is -0.276. The van der Waals surface area contributed by atoms with Gasteiger partial charge >= 0.3 is 7.82 Å². The van der Waals surface area contributed by atoms with E-state index in [0.717, 1.165) is 0 Å². The first-order valence-corrected chi connectivity index (χ1v) is 7.20. The van der Waals surface area contributed by atoms with Gasteiger partial charge in [0.05, 0.1) is 19.8 Å². The normalized spacial score (nSPS) is 8.76. The molecule has 0 saturated heterocycles. The molecule has 0 aliphatic rings. The zero-order chi connectivity index (χ0) is 14.7. The molecule has 0 aliphatic carbocycles. The average molecular weight is 340 g/mol. The van der Waals surface area contributed by atoms with Crippen LogP contribution in [0.4, 0.5) is 0 Å². The molecular formula is C6H18Cl3O7P. The summed E-state index contributed by atoms with van der Waals surface area (Å²) in [5.74, 6) is 1.04. The van der Waals surface area contributed by atoms with E-state index in [1.807, 2.05) is 0 Å². The second kappa shape index (κ2) is 25.6. The van der Waals surface area contributed by atoms with Crippen molar-refractivity contribution in [1.29, 1.82) is 0 Å². The lowest BCUT2D eigenvalue weighted by Gasteiger charge is -1.82. The highest BCUT2D eigenvalue weighted by atomic mass is 35.5. The van der Waals surface area contributed by atoms with Gasteiger partial charge in [0, 0.05) is 17.6 Å². The minimum absolute atomic E-state index is 0.0849. The van der Waals surface area contributed by atoms with Gasteiger partial charge in [-0.05, 0) is 0 Å². The van der Waals surface area contributed by atoms with Gasteiger partial charge in [0.2, 0.25) is 0 Å². The number of aliphatic hydroxyl groups is 3. The van der Waals surface area contributed by atoms with Crippen molar-refractivity contribution in [2.45, 2.75) is 0 Å². The van der Waals surface area contributed by atoms with Crippen molar-refractivity contribution in [3.63, 3.8) is 0 Å². The molecular weight excluding hydrogens is 321 g/mol. The van der Waals surface area contributed by atoms with Gasteiger partial charge in [0.25, 0.3) is 0 Å². The van der Waals surface area contributed by atoms with Crippen LogP contribution in [0.1, 0.15) is 0 Å². The van der Waals surface area contributed by atoms with Gasteiger partial charge in [-0.2, -0.15) is 0 Å². The maximum absolute atomic E-state index is 8.88. The first-order chi connectivity index (χ1) is 7.74. The maximum atomic E-state index is 8.88. The molecule has 0 aromatic carbocycles. The summed E-state index contributed by atoms with van der Waals surface area (Å²) in [5, 5.41) is 23.2. The van der Waals surface area contributed by atoms with E-state index < -0.39 is 7.82 Å². The Kier molecular flexibility index (Phi) is 39.9. The van der Waals surface area contributed by atoms with Gasteiger partial charge in [0.15, 0.2) is 0 Å². The molecule has 0 spiro atoms. The van der Waals surface area contributed by atoms with E-state index >= 15 is 0 Å². The molecule has 7 nitrogen and oxygen atoms in total. The molecule has 0 rings (SSSR count). The topological polar surface area (TPSA) is 138 Å². The largest absolute Gasteiger partial charge is 0.466 e. The van der Waals surface area contributed by atoms with E-state index in [1.54, 1.807) is 0 Å². The van der Waals surface area contributed by atoms with Crippen LogP contribution in [0.2, 0.25) is 0 Å². The van der Waals surface area contributed by atoms with Crippen LogP contribution in [0.3, 0.4) is 0 Å². The van der Waals surface area contributed by atoms with Gasteiger partial charge in [-0.1, -0.05) is 0 Å². The summed E-state index contributed by atoms with van der Waals surface area (Å²) in [6.45, 7) is 0.255. The summed E-state index contributed by atoms with van der Waals surface area (Å²) in [6.07, 6.45) is 0. The maximum Gasteiger partial charge on any atom is 0.466 e. The van der Waals surface area contributed by atoms with E-state index in [9.17, 15) is 0 Å². The third-order valence-electron chi connectivity index (χ3n) is 0.254. The van der Waals surface area contributed by atoms with Gasteiger partial charge in [-0.25, -0.2) is 4.57 Å². The highest BCUT2D eigenvalue weighted by Crippen LogP contribution is 2.25. The fourth-order valence-electron chi connectivity index (χ4n) is 0. The van der Waals surface area contributed by atoms with Crippen LogP contribution in [-0.2, 0) is 4.57 Å². The molecule has 0 radical (unpaired) electrons. The van der Waals surface area contributed by atoms with Gasteiger partial charge in [0.1, 0.15) is 0 Å². The van der Waals surface area contributed by atoms with Crippen molar-refractivity contribution in [1.82, 2.24) is 0 Å². The molecule has 11 heteroatoms. The number of alkyl halides is 3. The Labute approximate surface area is 115 Å². The highest BCUT2D eigenvalue weighted by Gasteiger charge is 2.00. The lowest BCUT2D eigenvalue weighted by Crippen LogP contribution is -1.76. The Balaban J connectivity index is -0.0000000667. The summed E-state index contributed by atoms with van der Waals surface area (Å²) >= 11 is 14.8. The summed E-state index contributed by atoms with van der Waals surface area (Å²) in [5.41, 5.74) is 0. The van der Waals surface area contributed by atoms with E-state index in [2.05, 4.69) is 0 Å². The number of hydrogen-bond donors (Lipinski definition) is 6. The molecule has 0 aromatic rings. The molecule has 0 bridgehead atoms. The molecule has 6 N–H and O–H groups in total. The van der Waals surface area contributed by atoms with Crippen LogP contribution in [-0.4, -0.2) is 67.5 Å². The Bertz CT molecular complexity index is 122. The molecule has 0 unspecified atom stereocenters. The Hall–Kier alpha value is 0.860. The summed E-state index contributed by atoms with van der Waals surface area (Å²) in [4.78, 5) is 21.6. The predicted molar refractivity (Wildman–Crippen MR) is 67.7 cm³/mol. The van der Waals surface area contributed by atoms with Crippen LogP contribution < -0.4 is 0 Å². The van der Waals surface area contributed by atoms with Crippen LogP contribution in [0.25, 0.3) is 0 Å². The first-order valence-electron chi connectivity index (χ1n) is 4.03. The lowest BCUT2D eigenvalue weighted by atomic mass is 10.9. The molecule has 0 aromatic heterocycles. The SMILES string of the molecule is O=P(O)(O)O.OCCCl.OCCCl.OCCCl. The number of hydrogen-bond acceptors (Lipinski definition) is 4. The average Bonchev–Trinajstić information content (AvgIpc) is 2.27. The summed E-state index contributed by atoms with van der Waals surface area (Å²) < 4.78 is 8.88. The van der Waals surface area contributed by atoms with Gasteiger partial charge in [-0.15, -0.1) is 34.8 Å². The van der Waals surface area contributed by atoms with E-state index in [0.29, 0.717) is 17.6 Å². The van der Waals surface area contributed by atoms with Crippen molar-refractivity contribution in [3.8, 4) is 0 Å². The van der Waals surface area contributed by atoms with Crippen molar-refractivity contribution >= 4 is 42.6 Å². The van der Waals surface area contributed by atoms with Crippen LogP contribution in [0.5, 0.6) is 0 Å². The Morgan fingerprint density at radius 1 is 0.706 bits per heavy atom. The third-order valence-corrected chi connectivity index (χ3v) is 0.761. The molecule has 0 heterocycles. The van der Waals surface area contributed by atoms with Gasteiger partial charge in [-0.3, -0.25) is 0 Å². The minimum Gasteiger partial charge on any atom is -0.395 e. The third kappa shape index (κ3) is 250. The molecule has 0 saturated carbocycles. The Morgan fingerprint density at radius 3 is 0.765 bits per heavy atom.